The first-order chi connectivity index (χ1) is 4.83. The van der Waals surface area contributed by atoms with E-state index in [-0.39, 0.29) is 5.21 Å². The lowest BCUT2D eigenvalue weighted by Crippen LogP contribution is -2.27. The van der Waals surface area contributed by atoms with Gasteiger partial charge < -0.3 is 5.11 Å². The second kappa shape index (κ2) is 3.84. The molecule has 0 saturated carbocycles. The fourth-order valence-corrected chi connectivity index (χ4v) is 1.23. The highest BCUT2D eigenvalue weighted by atomic mass is 16.4. The summed E-state index contributed by atoms with van der Waals surface area (Å²) in [7, 11) is 3.33. The Morgan fingerprint density at radius 1 is 1.45 bits per heavy atom. The zero-order chi connectivity index (χ0) is 9.07. The second-order valence-electron chi connectivity index (χ2n) is 3.71. The Kier molecular flexibility index (Phi) is 3.70. The molecule has 0 aromatic heterocycles. The van der Waals surface area contributed by atoms with E-state index >= 15 is 0 Å². The molecule has 0 fully saturated rings. The molecular formula is C7H14B2O2. The maximum Gasteiger partial charge on any atom is 0.258 e. The molecule has 0 aliphatic carbocycles. The third kappa shape index (κ3) is 6.02. The van der Waals surface area contributed by atoms with E-state index < -0.39 is 5.87 Å². The Hall–Kier alpha value is -0.400. The molecule has 0 aromatic rings. The second-order valence-corrected chi connectivity index (χ2v) is 3.71. The first kappa shape index (κ1) is 10.6. The maximum absolute atomic E-state index is 10.3. The Morgan fingerprint density at radius 3 is 2.18 bits per heavy atom. The highest BCUT2D eigenvalue weighted by Crippen LogP contribution is 2.25. The van der Waals surface area contributed by atoms with Crippen LogP contribution < -0.4 is 0 Å². The molecule has 0 atom stereocenters. The van der Waals surface area contributed by atoms with Gasteiger partial charge in [0.1, 0.15) is 7.28 Å². The summed E-state index contributed by atoms with van der Waals surface area (Å²) in [4.78, 5) is 10.3. The number of rotatable bonds is 4. The third-order valence-electron chi connectivity index (χ3n) is 1.26. The summed E-state index contributed by atoms with van der Waals surface area (Å²) in [5, 5.41) is 8.18. The smallest absolute Gasteiger partial charge is 0.258 e. The van der Waals surface area contributed by atoms with E-state index in [1.54, 1.807) is 0 Å². The van der Waals surface area contributed by atoms with Crippen LogP contribution in [0.4, 0.5) is 4.79 Å². The first-order valence-electron chi connectivity index (χ1n) is 3.78. The molecule has 2 nitrogen and oxygen atoms in total. The molecule has 0 unspecified atom stereocenters. The molecule has 0 spiro atoms. The SMILES string of the molecule is CC(C)[B]C(C)(C)[B]C(=O)O. The Bertz CT molecular complexity index is 143. The van der Waals surface area contributed by atoms with Crippen molar-refractivity contribution in [3.8, 4) is 0 Å². The van der Waals surface area contributed by atoms with E-state index in [2.05, 4.69) is 0 Å². The molecular weight excluding hydrogens is 138 g/mol. The zero-order valence-electron chi connectivity index (χ0n) is 7.59. The van der Waals surface area contributed by atoms with Crippen molar-refractivity contribution in [2.75, 3.05) is 0 Å². The van der Waals surface area contributed by atoms with Gasteiger partial charge in [0, 0.05) is 0 Å². The van der Waals surface area contributed by atoms with Gasteiger partial charge in [0.2, 0.25) is 5.87 Å². The fourth-order valence-electron chi connectivity index (χ4n) is 1.23. The monoisotopic (exact) mass is 152 g/mol. The average Bonchev–Trinajstić information content (AvgIpc) is 1.53. The van der Waals surface area contributed by atoms with E-state index in [1.165, 1.54) is 7.28 Å². The lowest BCUT2D eigenvalue weighted by Gasteiger charge is -2.21. The van der Waals surface area contributed by atoms with Crippen LogP contribution in [0.25, 0.3) is 0 Å². The van der Waals surface area contributed by atoms with Crippen molar-refractivity contribution in [3.63, 3.8) is 0 Å². The molecule has 2 radical (unpaired) electrons. The lowest BCUT2D eigenvalue weighted by atomic mass is 9.32. The highest BCUT2D eigenvalue weighted by Gasteiger charge is 2.25. The van der Waals surface area contributed by atoms with Crippen molar-refractivity contribution in [2.45, 2.75) is 38.7 Å². The van der Waals surface area contributed by atoms with Gasteiger partial charge in [-0.05, 0) is 0 Å². The lowest BCUT2D eigenvalue weighted by molar-refractivity contribution is 0.219. The van der Waals surface area contributed by atoms with Gasteiger partial charge >= 0.3 is 0 Å². The van der Waals surface area contributed by atoms with Crippen molar-refractivity contribution in [1.29, 1.82) is 0 Å². The minimum Gasteiger partial charge on any atom is -0.490 e. The van der Waals surface area contributed by atoms with E-state index in [0.29, 0.717) is 5.82 Å². The summed E-state index contributed by atoms with van der Waals surface area (Å²) in [5.41, 5.74) is 0. The van der Waals surface area contributed by atoms with Crippen LogP contribution in [-0.2, 0) is 0 Å². The first-order valence-corrected chi connectivity index (χ1v) is 3.78. The number of carboxylic acid groups (broad SMARTS) is 1. The van der Waals surface area contributed by atoms with Crippen molar-refractivity contribution in [1.82, 2.24) is 0 Å². The number of hydrogen-bond donors (Lipinski definition) is 1. The molecule has 1 N–H and O–H groups in total. The molecule has 0 bridgehead atoms. The van der Waals surface area contributed by atoms with Gasteiger partial charge in [0.15, 0.2) is 0 Å². The molecule has 0 amide bonds. The highest BCUT2D eigenvalue weighted by molar-refractivity contribution is 6.82. The fraction of sp³-hybridized carbons (Fsp3) is 0.857. The average molecular weight is 152 g/mol. The van der Waals surface area contributed by atoms with E-state index in [1.807, 2.05) is 35.0 Å². The van der Waals surface area contributed by atoms with Gasteiger partial charge in [-0.3, -0.25) is 4.79 Å². The third-order valence-corrected chi connectivity index (χ3v) is 1.26. The molecule has 0 aliphatic rings. The van der Waals surface area contributed by atoms with Gasteiger partial charge in [0.05, 0.1) is 0 Å². The van der Waals surface area contributed by atoms with Crippen molar-refractivity contribution < 1.29 is 9.90 Å². The van der Waals surface area contributed by atoms with Crippen LogP contribution in [0.1, 0.15) is 27.7 Å². The van der Waals surface area contributed by atoms with Gasteiger partial charge in [-0.1, -0.05) is 38.7 Å². The van der Waals surface area contributed by atoms with E-state index in [9.17, 15) is 4.79 Å². The van der Waals surface area contributed by atoms with Crippen LogP contribution in [0, 0.1) is 0 Å². The van der Waals surface area contributed by atoms with Gasteiger partial charge in [-0.2, -0.15) is 0 Å². The number of hydrogen-bond acceptors (Lipinski definition) is 1. The standard InChI is InChI=1S/C7H14B2O2/c1-5(2)8-7(3,4)9-6(10)11/h5H,1-4H3,(H,10,11). The summed E-state index contributed by atoms with van der Waals surface area (Å²) in [5.74, 6) is -0.437. The normalized spacial score (nSPS) is 11.4. The quantitative estimate of drug-likeness (QED) is 0.625. The Balaban J connectivity index is 3.89. The Morgan fingerprint density at radius 2 is 1.91 bits per heavy atom. The summed E-state index contributed by atoms with van der Waals surface area (Å²) in [6.07, 6.45) is 0. The molecule has 0 heterocycles. The van der Waals surface area contributed by atoms with Crippen LogP contribution in [0.3, 0.4) is 0 Å². The van der Waals surface area contributed by atoms with Crippen molar-refractivity contribution in [3.05, 3.63) is 0 Å². The number of carbonyl (C=O) groups is 1. The van der Waals surface area contributed by atoms with Crippen LogP contribution in [0.2, 0.25) is 11.0 Å². The molecule has 0 saturated heterocycles. The van der Waals surface area contributed by atoms with Crippen LogP contribution in [0.5, 0.6) is 0 Å². The molecule has 0 aromatic carbocycles. The summed E-state index contributed by atoms with van der Waals surface area (Å²) >= 11 is 0. The van der Waals surface area contributed by atoms with Crippen LogP contribution in [-0.4, -0.2) is 25.5 Å². The van der Waals surface area contributed by atoms with E-state index in [4.69, 9.17) is 5.11 Å². The van der Waals surface area contributed by atoms with Gasteiger partial charge in [-0.15, -0.1) is 0 Å². The molecule has 60 valence electrons. The van der Waals surface area contributed by atoms with Crippen LogP contribution in [0.15, 0.2) is 0 Å². The molecule has 4 heteroatoms. The van der Waals surface area contributed by atoms with Gasteiger partial charge in [-0.25, -0.2) is 0 Å². The predicted octanol–water partition coefficient (Wildman–Crippen LogP) is 2.06. The summed E-state index contributed by atoms with van der Waals surface area (Å²) < 4.78 is 0. The summed E-state index contributed by atoms with van der Waals surface area (Å²) in [6, 6.07) is 0. The van der Waals surface area contributed by atoms with Crippen LogP contribution >= 0.6 is 0 Å². The largest absolute Gasteiger partial charge is 0.490 e. The summed E-state index contributed by atoms with van der Waals surface area (Å²) in [6.45, 7) is 7.86. The minimum atomic E-state index is -0.855. The van der Waals surface area contributed by atoms with Crippen molar-refractivity contribution >= 4 is 20.4 Å². The topological polar surface area (TPSA) is 37.3 Å². The maximum atomic E-state index is 10.3. The van der Waals surface area contributed by atoms with Crippen molar-refractivity contribution in [2.24, 2.45) is 0 Å². The van der Waals surface area contributed by atoms with E-state index in [0.717, 1.165) is 0 Å². The molecule has 0 aliphatic heterocycles. The molecule has 0 rings (SSSR count). The predicted molar refractivity (Wildman–Crippen MR) is 48.7 cm³/mol. The Labute approximate surface area is 69.9 Å². The minimum absolute atomic E-state index is 0.306. The molecule has 11 heavy (non-hydrogen) atoms. The van der Waals surface area contributed by atoms with Gasteiger partial charge in [0.25, 0.3) is 7.28 Å². The zero-order valence-corrected chi connectivity index (χ0v) is 7.59.